The molecule has 0 N–H and O–H groups in total. The molecule has 0 aromatic carbocycles. The number of rotatable bonds is 11. The molecule has 0 saturated heterocycles. The van der Waals surface area contributed by atoms with Crippen LogP contribution in [0.1, 0.15) is 70.2 Å². The summed E-state index contributed by atoms with van der Waals surface area (Å²) in [6, 6.07) is 0. The highest BCUT2D eigenvalue weighted by atomic mass is 32.2. The second-order valence-electron chi connectivity index (χ2n) is 8.55. The molecule has 3 aromatic rings. The van der Waals surface area contributed by atoms with Crippen molar-refractivity contribution in [1.82, 2.24) is 19.6 Å². The van der Waals surface area contributed by atoms with Gasteiger partial charge in [0.15, 0.2) is 16.0 Å². The Balaban J connectivity index is 1.67. The van der Waals surface area contributed by atoms with Crippen LogP contribution >= 0.6 is 34.9 Å². The average molecular weight is 509 g/mol. The lowest BCUT2D eigenvalue weighted by Gasteiger charge is -2.33. The number of esters is 1. The lowest BCUT2D eigenvalue weighted by molar-refractivity contribution is -0.140. The Hall–Kier alpha value is -1.36. The number of unbranched alkanes of at least 4 members (excludes halogenated alkanes) is 2. The van der Waals surface area contributed by atoms with E-state index in [2.05, 4.69) is 37.9 Å². The summed E-state index contributed by atoms with van der Waals surface area (Å²) in [5, 5.41) is 11.7. The van der Waals surface area contributed by atoms with E-state index in [1.165, 1.54) is 22.2 Å². The van der Waals surface area contributed by atoms with E-state index in [-0.39, 0.29) is 17.3 Å². The first-order chi connectivity index (χ1) is 16.0. The van der Waals surface area contributed by atoms with Crippen LogP contribution in [0.5, 0.6) is 0 Å². The third-order valence-corrected chi connectivity index (χ3v) is 9.08. The van der Waals surface area contributed by atoms with Gasteiger partial charge in [0, 0.05) is 17.1 Å². The number of carbonyl (C=O) groups is 1. The largest absolute Gasteiger partial charge is 0.465 e. The normalized spacial score (nSPS) is 18.2. The topological polar surface area (TPSA) is 78.6 Å². The van der Waals surface area contributed by atoms with Gasteiger partial charge in [0.25, 0.3) is 0 Å². The number of aromatic nitrogens is 4. The van der Waals surface area contributed by atoms with Crippen LogP contribution in [-0.4, -0.2) is 49.3 Å². The third kappa shape index (κ3) is 5.33. The molecule has 0 amide bonds. The number of nitrogens with zero attached hydrogens (tertiary/aromatic N) is 4. The summed E-state index contributed by atoms with van der Waals surface area (Å²) in [6.07, 6.45) is 5.92. The molecule has 4 rings (SSSR count). The van der Waals surface area contributed by atoms with Crippen molar-refractivity contribution in [2.45, 2.75) is 88.7 Å². The van der Waals surface area contributed by atoms with E-state index < -0.39 is 0 Å². The van der Waals surface area contributed by atoms with Gasteiger partial charge in [-0.2, -0.15) is 0 Å². The molecule has 0 saturated carbocycles. The summed E-state index contributed by atoms with van der Waals surface area (Å²) in [7, 11) is 0. The van der Waals surface area contributed by atoms with Crippen molar-refractivity contribution in [3.05, 3.63) is 10.4 Å². The molecule has 4 heterocycles. The van der Waals surface area contributed by atoms with E-state index in [9.17, 15) is 4.79 Å². The molecule has 1 aliphatic rings. The van der Waals surface area contributed by atoms with Crippen molar-refractivity contribution in [2.24, 2.45) is 0 Å². The van der Waals surface area contributed by atoms with Crippen LogP contribution in [0.25, 0.3) is 15.9 Å². The summed E-state index contributed by atoms with van der Waals surface area (Å²) in [4.78, 5) is 19.5. The molecule has 0 bridgehead atoms. The Bertz CT molecular complexity index is 1130. The van der Waals surface area contributed by atoms with Gasteiger partial charge in [-0.1, -0.05) is 57.1 Å². The van der Waals surface area contributed by atoms with E-state index in [1.54, 1.807) is 23.1 Å². The van der Waals surface area contributed by atoms with Crippen molar-refractivity contribution in [1.29, 1.82) is 0 Å². The molecule has 33 heavy (non-hydrogen) atoms. The van der Waals surface area contributed by atoms with Crippen LogP contribution in [0, 0.1) is 0 Å². The number of fused-ring (bicyclic) bond motifs is 5. The van der Waals surface area contributed by atoms with Gasteiger partial charge in [-0.15, -0.1) is 21.5 Å². The minimum Gasteiger partial charge on any atom is -0.465 e. The lowest BCUT2D eigenvalue weighted by Crippen LogP contribution is -2.33. The lowest BCUT2D eigenvalue weighted by atomic mass is 9.90. The van der Waals surface area contributed by atoms with Gasteiger partial charge in [-0.05, 0) is 31.7 Å². The zero-order valence-corrected chi connectivity index (χ0v) is 22.3. The molecular formula is C23H32N4O3S3. The maximum Gasteiger partial charge on any atom is 0.316 e. The highest BCUT2D eigenvalue weighted by molar-refractivity contribution is 8.00. The Morgan fingerprint density at radius 2 is 2.03 bits per heavy atom. The molecule has 10 heteroatoms. The fraction of sp³-hybridized carbons (Fsp3) is 0.652. The number of thiophene rings is 1. The summed E-state index contributed by atoms with van der Waals surface area (Å²) in [5.74, 6) is 0.956. The number of thioether (sulfide) groups is 2. The molecule has 0 radical (unpaired) electrons. The molecule has 3 aromatic heterocycles. The Kier molecular flexibility index (Phi) is 8.19. The zero-order valence-electron chi connectivity index (χ0n) is 19.8. The minimum atomic E-state index is -0.214. The zero-order chi connectivity index (χ0) is 23.4. The standard InChI is InChI=1S/C23H32N4O3S3/c1-5-8-9-10-29-17(28)14-32-22-26-25-19-18-15-12-23(4,7-3)30-13-16(15)33-20(18)24-21(27(19)22)31-11-6-2/h5-14H2,1-4H3/t23-/m0/s1. The van der Waals surface area contributed by atoms with Crippen LogP contribution in [0.3, 0.4) is 0 Å². The van der Waals surface area contributed by atoms with Crippen molar-refractivity contribution < 1.29 is 14.3 Å². The van der Waals surface area contributed by atoms with E-state index in [4.69, 9.17) is 14.5 Å². The maximum atomic E-state index is 12.2. The van der Waals surface area contributed by atoms with Gasteiger partial charge in [0.1, 0.15) is 4.83 Å². The predicted molar refractivity (Wildman–Crippen MR) is 136 cm³/mol. The third-order valence-electron chi connectivity index (χ3n) is 5.93. The van der Waals surface area contributed by atoms with Crippen molar-refractivity contribution in [3.63, 3.8) is 0 Å². The maximum absolute atomic E-state index is 12.2. The second-order valence-corrected chi connectivity index (χ2v) is 11.6. The van der Waals surface area contributed by atoms with E-state index >= 15 is 0 Å². The average Bonchev–Trinajstić information content (AvgIpc) is 3.39. The Morgan fingerprint density at radius 3 is 2.79 bits per heavy atom. The molecule has 0 aliphatic carbocycles. The monoisotopic (exact) mass is 508 g/mol. The van der Waals surface area contributed by atoms with Crippen LogP contribution in [0.4, 0.5) is 0 Å². The first-order valence-electron chi connectivity index (χ1n) is 11.7. The highest BCUT2D eigenvalue weighted by Gasteiger charge is 2.33. The second kappa shape index (κ2) is 10.9. The Labute approximate surface area is 207 Å². The first-order valence-corrected chi connectivity index (χ1v) is 14.5. The number of hydrogen-bond acceptors (Lipinski definition) is 9. The van der Waals surface area contributed by atoms with Gasteiger partial charge < -0.3 is 9.47 Å². The predicted octanol–water partition coefficient (Wildman–Crippen LogP) is 5.91. The van der Waals surface area contributed by atoms with Gasteiger partial charge in [-0.25, -0.2) is 9.38 Å². The number of hydrogen-bond donors (Lipinski definition) is 0. The smallest absolute Gasteiger partial charge is 0.316 e. The summed E-state index contributed by atoms with van der Waals surface area (Å²) < 4.78 is 13.6. The van der Waals surface area contributed by atoms with Gasteiger partial charge >= 0.3 is 5.97 Å². The van der Waals surface area contributed by atoms with E-state index in [1.807, 2.05) is 4.40 Å². The molecule has 0 spiro atoms. The van der Waals surface area contributed by atoms with Crippen LogP contribution < -0.4 is 0 Å². The molecular weight excluding hydrogens is 476 g/mol. The van der Waals surface area contributed by atoms with Crippen molar-refractivity contribution >= 4 is 56.7 Å². The Morgan fingerprint density at radius 1 is 1.18 bits per heavy atom. The summed E-state index contributed by atoms with van der Waals surface area (Å²) >= 11 is 4.78. The summed E-state index contributed by atoms with van der Waals surface area (Å²) in [5.41, 5.74) is 1.94. The van der Waals surface area contributed by atoms with E-state index in [0.717, 1.165) is 65.3 Å². The minimum absolute atomic E-state index is 0.174. The van der Waals surface area contributed by atoms with Crippen molar-refractivity contribution in [3.8, 4) is 0 Å². The SMILES string of the molecule is CCCCCOC(=O)CSc1nnc2c3c4c(sc3nc(SCCC)n12)CO[C@@](C)(CC)C4. The first kappa shape index (κ1) is 24.8. The van der Waals surface area contributed by atoms with Gasteiger partial charge in [0.05, 0.1) is 30.0 Å². The number of carbonyl (C=O) groups excluding carboxylic acids is 1. The molecule has 1 atom stereocenters. The molecule has 0 fully saturated rings. The van der Waals surface area contributed by atoms with Crippen LogP contribution in [0.2, 0.25) is 0 Å². The quantitative estimate of drug-likeness (QED) is 0.137. The molecule has 1 aliphatic heterocycles. The number of ether oxygens (including phenoxy) is 2. The van der Waals surface area contributed by atoms with E-state index in [0.29, 0.717) is 18.4 Å². The van der Waals surface area contributed by atoms with Crippen molar-refractivity contribution in [2.75, 3.05) is 18.1 Å². The van der Waals surface area contributed by atoms with Gasteiger partial charge in [-0.3, -0.25) is 4.79 Å². The van der Waals surface area contributed by atoms with Crippen LogP contribution in [0.15, 0.2) is 10.3 Å². The molecule has 0 unspecified atom stereocenters. The summed E-state index contributed by atoms with van der Waals surface area (Å²) in [6.45, 7) is 9.73. The highest BCUT2D eigenvalue weighted by Crippen LogP contribution is 2.42. The van der Waals surface area contributed by atoms with Gasteiger partial charge in [0.2, 0.25) is 0 Å². The molecule has 7 nitrogen and oxygen atoms in total. The molecule has 180 valence electrons. The fourth-order valence-corrected chi connectivity index (χ4v) is 6.62. The fourth-order valence-electron chi connectivity index (χ4n) is 3.83. The van der Waals surface area contributed by atoms with Crippen LogP contribution in [-0.2, 0) is 27.3 Å².